The zero-order valence-corrected chi connectivity index (χ0v) is 12.5. The van der Waals surface area contributed by atoms with Crippen molar-refractivity contribution in [1.29, 1.82) is 0 Å². The molecule has 0 aromatic heterocycles. The van der Waals surface area contributed by atoms with Crippen molar-refractivity contribution < 1.29 is 4.39 Å². The van der Waals surface area contributed by atoms with E-state index in [9.17, 15) is 4.39 Å². The normalized spacial score (nSPS) is 18.9. The van der Waals surface area contributed by atoms with E-state index >= 15 is 0 Å². The molecule has 0 amide bonds. The first kappa shape index (κ1) is 16.4. The molecule has 0 radical (unpaired) electrons. The molecule has 1 aliphatic heterocycles. The second-order valence-electron chi connectivity index (χ2n) is 5.26. The first-order chi connectivity index (χ1) is 8.70. The maximum atomic E-state index is 12.9. The minimum Gasteiger partial charge on any atom is -0.319 e. The summed E-state index contributed by atoms with van der Waals surface area (Å²) in [5.41, 5.74) is 1.21. The molecule has 1 heterocycles. The smallest absolute Gasteiger partial charge is 0.123 e. The van der Waals surface area contributed by atoms with Crippen LogP contribution in [0.2, 0.25) is 0 Å². The molecule has 108 valence electrons. The van der Waals surface area contributed by atoms with Crippen molar-refractivity contribution >= 4 is 12.4 Å². The Hall–Kier alpha value is -0.640. The van der Waals surface area contributed by atoms with Crippen LogP contribution >= 0.6 is 12.4 Å². The molecule has 1 aromatic rings. The quantitative estimate of drug-likeness (QED) is 0.914. The van der Waals surface area contributed by atoms with E-state index in [0.717, 1.165) is 25.6 Å². The maximum Gasteiger partial charge on any atom is 0.123 e. The SMILES string of the molecule is CNCC1CCN(C(C)c2ccc(F)cc2)CC1.Cl. The fourth-order valence-electron chi connectivity index (χ4n) is 2.79. The number of nitrogens with zero attached hydrogens (tertiary/aromatic N) is 1. The van der Waals surface area contributed by atoms with E-state index in [1.807, 2.05) is 19.2 Å². The van der Waals surface area contributed by atoms with Crippen LogP contribution in [0.4, 0.5) is 4.39 Å². The summed E-state index contributed by atoms with van der Waals surface area (Å²) in [7, 11) is 2.02. The molecule has 1 fully saturated rings. The lowest BCUT2D eigenvalue weighted by Crippen LogP contribution is -2.38. The third-order valence-electron chi connectivity index (χ3n) is 4.04. The molecule has 0 aliphatic carbocycles. The maximum absolute atomic E-state index is 12.9. The molecule has 0 saturated carbocycles. The van der Waals surface area contributed by atoms with Crippen molar-refractivity contribution in [3.8, 4) is 0 Å². The van der Waals surface area contributed by atoms with Crippen LogP contribution in [0.25, 0.3) is 0 Å². The van der Waals surface area contributed by atoms with Gasteiger partial charge in [-0.1, -0.05) is 12.1 Å². The predicted octanol–water partition coefficient (Wildman–Crippen LogP) is 3.24. The molecule has 0 bridgehead atoms. The summed E-state index contributed by atoms with van der Waals surface area (Å²) in [5.74, 6) is 0.658. The fourth-order valence-corrected chi connectivity index (χ4v) is 2.79. The summed E-state index contributed by atoms with van der Waals surface area (Å²) >= 11 is 0. The fraction of sp³-hybridized carbons (Fsp3) is 0.600. The lowest BCUT2D eigenvalue weighted by atomic mass is 9.94. The van der Waals surface area contributed by atoms with Crippen LogP contribution in [-0.4, -0.2) is 31.6 Å². The highest BCUT2D eigenvalue weighted by Gasteiger charge is 2.22. The Labute approximate surface area is 121 Å². The Morgan fingerprint density at radius 2 is 1.84 bits per heavy atom. The van der Waals surface area contributed by atoms with Gasteiger partial charge in [-0.3, -0.25) is 4.90 Å². The average Bonchev–Trinajstić information content (AvgIpc) is 2.40. The van der Waals surface area contributed by atoms with Gasteiger partial charge in [0.2, 0.25) is 0 Å². The predicted molar refractivity (Wildman–Crippen MR) is 80.3 cm³/mol. The van der Waals surface area contributed by atoms with E-state index in [0.29, 0.717) is 6.04 Å². The zero-order chi connectivity index (χ0) is 13.0. The Balaban J connectivity index is 0.00000180. The van der Waals surface area contributed by atoms with E-state index in [1.165, 1.54) is 18.4 Å². The van der Waals surface area contributed by atoms with Gasteiger partial charge in [0, 0.05) is 6.04 Å². The molecule has 19 heavy (non-hydrogen) atoms. The number of piperidine rings is 1. The number of halogens is 2. The molecule has 0 spiro atoms. The summed E-state index contributed by atoms with van der Waals surface area (Å²) in [5, 5.41) is 3.26. The molecule has 2 nitrogen and oxygen atoms in total. The zero-order valence-electron chi connectivity index (χ0n) is 11.7. The number of hydrogen-bond donors (Lipinski definition) is 1. The lowest BCUT2D eigenvalue weighted by Gasteiger charge is -2.36. The Morgan fingerprint density at radius 3 is 2.37 bits per heavy atom. The van der Waals surface area contributed by atoms with Gasteiger partial charge in [-0.15, -0.1) is 12.4 Å². The number of benzene rings is 1. The number of likely N-dealkylation sites (tertiary alicyclic amines) is 1. The molecule has 1 N–H and O–H groups in total. The summed E-state index contributed by atoms with van der Waals surface area (Å²) in [6.45, 7) is 5.63. The number of rotatable bonds is 4. The van der Waals surface area contributed by atoms with E-state index in [4.69, 9.17) is 0 Å². The molecule has 1 atom stereocenters. The van der Waals surface area contributed by atoms with Crippen LogP contribution in [0.15, 0.2) is 24.3 Å². The molecular weight excluding hydrogens is 263 g/mol. The van der Waals surface area contributed by atoms with Crippen LogP contribution in [0.3, 0.4) is 0 Å². The van der Waals surface area contributed by atoms with Crippen LogP contribution in [0, 0.1) is 11.7 Å². The van der Waals surface area contributed by atoms with Gasteiger partial charge in [-0.2, -0.15) is 0 Å². The Kier molecular flexibility index (Phi) is 6.76. The largest absolute Gasteiger partial charge is 0.319 e. The molecule has 1 aromatic carbocycles. The Morgan fingerprint density at radius 1 is 1.26 bits per heavy atom. The molecule has 2 rings (SSSR count). The lowest BCUT2D eigenvalue weighted by molar-refractivity contribution is 0.141. The molecular formula is C15H24ClFN2. The van der Waals surface area contributed by atoms with Gasteiger partial charge in [0.1, 0.15) is 5.82 Å². The van der Waals surface area contributed by atoms with Crippen molar-refractivity contribution in [2.45, 2.75) is 25.8 Å². The summed E-state index contributed by atoms with van der Waals surface area (Å²) < 4.78 is 12.9. The standard InChI is InChI=1S/C15H23FN2.ClH/c1-12(14-3-5-15(16)6-4-14)18-9-7-13(8-10-18)11-17-2;/h3-6,12-13,17H,7-11H2,1-2H3;1H. The van der Waals surface area contributed by atoms with Gasteiger partial charge in [-0.05, 0) is 70.1 Å². The monoisotopic (exact) mass is 286 g/mol. The highest BCUT2D eigenvalue weighted by molar-refractivity contribution is 5.85. The van der Waals surface area contributed by atoms with Crippen molar-refractivity contribution in [2.75, 3.05) is 26.7 Å². The molecule has 4 heteroatoms. The first-order valence-corrected chi connectivity index (χ1v) is 6.85. The van der Waals surface area contributed by atoms with E-state index in [1.54, 1.807) is 12.1 Å². The van der Waals surface area contributed by atoms with Gasteiger partial charge >= 0.3 is 0 Å². The Bertz CT molecular complexity index is 361. The van der Waals surface area contributed by atoms with Crippen LogP contribution in [0.5, 0.6) is 0 Å². The van der Waals surface area contributed by atoms with Gasteiger partial charge in [-0.25, -0.2) is 4.39 Å². The summed E-state index contributed by atoms with van der Waals surface area (Å²) in [6.07, 6.45) is 2.51. The first-order valence-electron chi connectivity index (χ1n) is 6.85. The summed E-state index contributed by atoms with van der Waals surface area (Å²) in [6, 6.07) is 7.31. The van der Waals surface area contributed by atoms with Gasteiger partial charge in [0.05, 0.1) is 0 Å². The van der Waals surface area contributed by atoms with Crippen molar-refractivity contribution in [1.82, 2.24) is 10.2 Å². The topological polar surface area (TPSA) is 15.3 Å². The minimum absolute atomic E-state index is 0. The van der Waals surface area contributed by atoms with Gasteiger partial charge in [0.25, 0.3) is 0 Å². The van der Waals surface area contributed by atoms with Crippen LogP contribution in [0.1, 0.15) is 31.4 Å². The van der Waals surface area contributed by atoms with Crippen LogP contribution in [-0.2, 0) is 0 Å². The third-order valence-corrected chi connectivity index (χ3v) is 4.04. The van der Waals surface area contributed by atoms with E-state index in [2.05, 4.69) is 17.1 Å². The third kappa shape index (κ3) is 4.44. The highest BCUT2D eigenvalue weighted by Crippen LogP contribution is 2.26. The molecule has 1 unspecified atom stereocenters. The highest BCUT2D eigenvalue weighted by atomic mass is 35.5. The van der Waals surface area contributed by atoms with Gasteiger partial charge < -0.3 is 5.32 Å². The van der Waals surface area contributed by atoms with E-state index in [-0.39, 0.29) is 18.2 Å². The van der Waals surface area contributed by atoms with Crippen molar-refractivity contribution in [3.63, 3.8) is 0 Å². The van der Waals surface area contributed by atoms with Crippen LogP contribution < -0.4 is 5.32 Å². The second-order valence-corrected chi connectivity index (χ2v) is 5.26. The van der Waals surface area contributed by atoms with E-state index < -0.39 is 0 Å². The minimum atomic E-state index is -0.154. The average molecular weight is 287 g/mol. The summed E-state index contributed by atoms with van der Waals surface area (Å²) in [4.78, 5) is 2.50. The molecule has 1 saturated heterocycles. The van der Waals surface area contributed by atoms with Crippen molar-refractivity contribution in [2.24, 2.45) is 5.92 Å². The second kappa shape index (κ2) is 7.83. The van der Waals surface area contributed by atoms with Crippen molar-refractivity contribution in [3.05, 3.63) is 35.6 Å². The number of hydrogen-bond acceptors (Lipinski definition) is 2. The molecule has 1 aliphatic rings. The van der Waals surface area contributed by atoms with Gasteiger partial charge in [0.15, 0.2) is 0 Å². The number of nitrogens with one attached hydrogen (secondary N) is 1.